The lowest BCUT2D eigenvalue weighted by Gasteiger charge is -2.28. The molecular weight excluding hydrogens is 377 g/mol. The molecule has 1 aliphatic heterocycles. The molecule has 3 N–H and O–H groups in total. The van der Waals surface area contributed by atoms with Crippen molar-refractivity contribution in [1.82, 2.24) is 15.4 Å². The number of hydrogen-bond acceptors (Lipinski definition) is 4. The van der Waals surface area contributed by atoms with Gasteiger partial charge in [0.2, 0.25) is 10.0 Å². The highest BCUT2D eigenvalue weighted by Crippen LogP contribution is 2.37. The van der Waals surface area contributed by atoms with Crippen LogP contribution in [0.2, 0.25) is 10.0 Å². The summed E-state index contributed by atoms with van der Waals surface area (Å²) >= 11 is 11.7. The zero-order chi connectivity index (χ0) is 17.5. The van der Waals surface area contributed by atoms with Gasteiger partial charge in [0.1, 0.15) is 5.54 Å². The van der Waals surface area contributed by atoms with E-state index in [2.05, 4.69) is 15.4 Å². The Kier molecular flexibility index (Phi) is 4.50. The minimum absolute atomic E-state index is 0.0279. The summed E-state index contributed by atoms with van der Waals surface area (Å²) < 4.78 is 27.3. The molecule has 7 nitrogen and oxygen atoms in total. The number of halogens is 2. The number of urea groups is 1. The predicted molar refractivity (Wildman–Crippen MR) is 88.4 cm³/mol. The van der Waals surface area contributed by atoms with E-state index in [0.717, 1.165) is 6.42 Å². The average Bonchev–Trinajstić information content (AvgIpc) is 3.00. The first-order valence-electron chi connectivity index (χ1n) is 7.32. The van der Waals surface area contributed by atoms with Gasteiger partial charge in [0.15, 0.2) is 0 Å². The van der Waals surface area contributed by atoms with Gasteiger partial charge < -0.3 is 5.32 Å². The molecule has 2 atom stereocenters. The monoisotopic (exact) mass is 391 g/mol. The molecule has 0 unspecified atom stereocenters. The van der Waals surface area contributed by atoms with Crippen LogP contribution in [-0.2, 0) is 14.8 Å². The van der Waals surface area contributed by atoms with Crippen molar-refractivity contribution in [2.24, 2.45) is 5.92 Å². The first-order chi connectivity index (χ1) is 11.2. The maximum Gasteiger partial charge on any atom is 0.322 e. The van der Waals surface area contributed by atoms with Crippen molar-refractivity contribution in [3.8, 4) is 0 Å². The third-order valence-corrected chi connectivity index (χ3v) is 6.30. The van der Waals surface area contributed by atoms with Crippen LogP contribution in [-0.4, -0.2) is 32.4 Å². The van der Waals surface area contributed by atoms with Gasteiger partial charge in [0.25, 0.3) is 5.91 Å². The topological polar surface area (TPSA) is 104 Å². The third-order valence-electron chi connectivity index (χ3n) is 4.46. The van der Waals surface area contributed by atoms with Crippen LogP contribution in [0, 0.1) is 5.92 Å². The van der Waals surface area contributed by atoms with Crippen molar-refractivity contribution < 1.29 is 18.0 Å². The van der Waals surface area contributed by atoms with Crippen LogP contribution >= 0.6 is 23.2 Å². The highest BCUT2D eigenvalue weighted by Gasteiger charge is 2.54. The minimum Gasteiger partial charge on any atom is -0.323 e. The molecule has 0 aromatic heterocycles. The second kappa shape index (κ2) is 6.18. The van der Waals surface area contributed by atoms with Crippen LogP contribution in [0.1, 0.15) is 19.3 Å². The molecule has 130 valence electrons. The first-order valence-corrected chi connectivity index (χ1v) is 9.56. The summed E-state index contributed by atoms with van der Waals surface area (Å²) in [4.78, 5) is 23.5. The number of benzene rings is 1. The molecule has 1 aliphatic carbocycles. The number of nitrogens with one attached hydrogen (secondary N) is 3. The van der Waals surface area contributed by atoms with Crippen molar-refractivity contribution in [3.05, 3.63) is 28.2 Å². The van der Waals surface area contributed by atoms with Crippen LogP contribution in [0.4, 0.5) is 4.79 Å². The number of rotatable bonds is 4. The Balaban J connectivity index is 1.77. The van der Waals surface area contributed by atoms with Gasteiger partial charge >= 0.3 is 6.03 Å². The van der Waals surface area contributed by atoms with Crippen LogP contribution in [0.15, 0.2) is 23.1 Å². The summed E-state index contributed by atoms with van der Waals surface area (Å²) in [5, 5.41) is 5.29. The van der Waals surface area contributed by atoms with Gasteiger partial charge in [0.05, 0.1) is 4.90 Å². The molecule has 2 aliphatic rings. The van der Waals surface area contributed by atoms with E-state index in [0.29, 0.717) is 12.8 Å². The molecule has 24 heavy (non-hydrogen) atoms. The maximum absolute atomic E-state index is 12.4. The van der Waals surface area contributed by atoms with Gasteiger partial charge in [-0.25, -0.2) is 17.9 Å². The molecule has 10 heteroatoms. The van der Waals surface area contributed by atoms with Crippen molar-refractivity contribution in [3.63, 3.8) is 0 Å². The Bertz CT molecular complexity index is 794. The highest BCUT2D eigenvalue weighted by molar-refractivity contribution is 7.89. The molecule has 3 amide bonds. The summed E-state index contributed by atoms with van der Waals surface area (Å²) in [6, 6.07) is 3.48. The largest absolute Gasteiger partial charge is 0.323 e. The standard InChI is InChI=1S/C14H15Cl2N3O4S/c15-9-4-10(16)6-11(5-9)24(22,23)17-7-8-2-1-3-14(8)12(20)18-13(21)19-14/h4-6,8,17H,1-3,7H2,(H2,18,19,20,21)/t8-,14-/m1/s1. The van der Waals surface area contributed by atoms with E-state index in [9.17, 15) is 18.0 Å². The Hall–Kier alpha value is -1.35. The minimum atomic E-state index is -3.83. The van der Waals surface area contributed by atoms with Gasteiger partial charge in [-0.3, -0.25) is 10.1 Å². The maximum atomic E-state index is 12.4. The number of sulfonamides is 1. The molecule has 1 saturated carbocycles. The summed E-state index contributed by atoms with van der Waals surface area (Å²) in [5.41, 5.74) is -1.04. The lowest BCUT2D eigenvalue weighted by atomic mass is 9.87. The van der Waals surface area contributed by atoms with E-state index < -0.39 is 27.5 Å². The molecule has 1 heterocycles. The zero-order valence-corrected chi connectivity index (χ0v) is 14.8. The van der Waals surface area contributed by atoms with Crippen molar-refractivity contribution in [2.75, 3.05) is 6.54 Å². The van der Waals surface area contributed by atoms with E-state index in [-0.39, 0.29) is 27.4 Å². The smallest absolute Gasteiger partial charge is 0.322 e. The van der Waals surface area contributed by atoms with Crippen LogP contribution in [0.3, 0.4) is 0 Å². The fourth-order valence-electron chi connectivity index (χ4n) is 3.30. The number of carbonyl (C=O) groups excluding carboxylic acids is 2. The van der Waals surface area contributed by atoms with Crippen LogP contribution < -0.4 is 15.4 Å². The second-order valence-electron chi connectivity index (χ2n) is 5.93. The molecule has 0 bridgehead atoms. The van der Waals surface area contributed by atoms with E-state index in [1.807, 2.05) is 0 Å². The summed E-state index contributed by atoms with van der Waals surface area (Å²) in [6.45, 7) is 0.0279. The van der Waals surface area contributed by atoms with Crippen molar-refractivity contribution in [1.29, 1.82) is 0 Å². The molecule has 2 fully saturated rings. The number of amides is 3. The van der Waals surface area contributed by atoms with E-state index in [4.69, 9.17) is 23.2 Å². The Morgan fingerprint density at radius 3 is 2.46 bits per heavy atom. The molecule has 3 rings (SSSR count). The molecule has 1 spiro atoms. The number of carbonyl (C=O) groups is 2. The quantitative estimate of drug-likeness (QED) is 0.678. The van der Waals surface area contributed by atoms with Gasteiger partial charge in [0, 0.05) is 22.5 Å². The Morgan fingerprint density at radius 1 is 1.21 bits per heavy atom. The summed E-state index contributed by atoms with van der Waals surface area (Å²) in [6.07, 6.45) is 1.84. The highest BCUT2D eigenvalue weighted by atomic mass is 35.5. The zero-order valence-electron chi connectivity index (χ0n) is 12.4. The number of hydrogen-bond donors (Lipinski definition) is 3. The number of imide groups is 1. The summed E-state index contributed by atoms with van der Waals surface area (Å²) in [5.74, 6) is -0.728. The van der Waals surface area contributed by atoms with Crippen LogP contribution in [0.5, 0.6) is 0 Å². The first kappa shape index (κ1) is 17.5. The van der Waals surface area contributed by atoms with Gasteiger partial charge in [-0.15, -0.1) is 0 Å². The summed E-state index contributed by atoms with van der Waals surface area (Å²) in [7, 11) is -3.83. The Labute approximate surface area is 149 Å². The third kappa shape index (κ3) is 3.11. The van der Waals surface area contributed by atoms with E-state index in [1.54, 1.807) is 0 Å². The van der Waals surface area contributed by atoms with Gasteiger partial charge in [-0.05, 0) is 31.0 Å². The average molecular weight is 392 g/mol. The fraction of sp³-hybridized carbons (Fsp3) is 0.429. The predicted octanol–water partition coefficient (Wildman–Crippen LogP) is 1.65. The van der Waals surface area contributed by atoms with E-state index >= 15 is 0 Å². The SMILES string of the molecule is O=C1NC(=O)[C@]2(CCC[C@@H]2CNS(=O)(=O)c2cc(Cl)cc(Cl)c2)N1. The second-order valence-corrected chi connectivity index (χ2v) is 8.57. The molecule has 0 radical (unpaired) electrons. The molecule has 1 saturated heterocycles. The van der Waals surface area contributed by atoms with Gasteiger partial charge in [-0.2, -0.15) is 0 Å². The van der Waals surface area contributed by atoms with E-state index in [1.165, 1.54) is 18.2 Å². The normalized spacial score (nSPS) is 26.7. The lowest BCUT2D eigenvalue weighted by Crippen LogP contribution is -2.53. The van der Waals surface area contributed by atoms with Gasteiger partial charge in [-0.1, -0.05) is 29.6 Å². The molecule has 1 aromatic rings. The lowest BCUT2D eigenvalue weighted by molar-refractivity contribution is -0.125. The van der Waals surface area contributed by atoms with Crippen molar-refractivity contribution in [2.45, 2.75) is 29.7 Å². The molecular formula is C14H15Cl2N3O4S. The molecule has 1 aromatic carbocycles. The van der Waals surface area contributed by atoms with Crippen LogP contribution in [0.25, 0.3) is 0 Å². The fourth-order valence-corrected chi connectivity index (χ4v) is 5.11. The van der Waals surface area contributed by atoms with Crippen molar-refractivity contribution >= 4 is 45.2 Å². The Morgan fingerprint density at radius 2 is 1.88 bits per heavy atom.